The SMILES string of the molecule is CCC(CC)(CNC1CCN(Cc2ccccc2Cl)CC1)C(=O)O. The Balaban J connectivity index is 1.80. The zero-order valence-electron chi connectivity index (χ0n) is 14.7. The van der Waals surface area contributed by atoms with Crippen LogP contribution in [0.2, 0.25) is 5.02 Å². The quantitative estimate of drug-likeness (QED) is 0.747. The Hall–Kier alpha value is -1.10. The number of aliphatic carboxylic acids is 1. The van der Waals surface area contributed by atoms with Crippen molar-refractivity contribution in [2.75, 3.05) is 19.6 Å². The topological polar surface area (TPSA) is 52.6 Å². The van der Waals surface area contributed by atoms with Gasteiger partial charge in [-0.05, 0) is 50.4 Å². The van der Waals surface area contributed by atoms with Gasteiger partial charge >= 0.3 is 5.97 Å². The summed E-state index contributed by atoms with van der Waals surface area (Å²) in [6.07, 6.45) is 3.43. The lowest BCUT2D eigenvalue weighted by Crippen LogP contribution is -2.48. The van der Waals surface area contributed by atoms with Gasteiger partial charge < -0.3 is 10.4 Å². The fourth-order valence-electron chi connectivity index (χ4n) is 3.38. The molecule has 2 rings (SSSR count). The number of halogens is 1. The van der Waals surface area contributed by atoms with Crippen molar-refractivity contribution in [3.05, 3.63) is 34.9 Å². The fraction of sp³-hybridized carbons (Fsp3) is 0.632. The molecule has 0 unspecified atom stereocenters. The van der Waals surface area contributed by atoms with Crippen LogP contribution < -0.4 is 5.32 Å². The average Bonchev–Trinajstić information content (AvgIpc) is 2.59. The molecule has 5 heteroatoms. The van der Waals surface area contributed by atoms with Crippen molar-refractivity contribution in [2.24, 2.45) is 5.41 Å². The maximum atomic E-state index is 11.6. The minimum absolute atomic E-state index is 0.407. The van der Waals surface area contributed by atoms with Crippen molar-refractivity contribution in [3.8, 4) is 0 Å². The summed E-state index contributed by atoms with van der Waals surface area (Å²) in [6, 6.07) is 8.40. The molecule has 1 aliphatic heterocycles. The first-order valence-electron chi connectivity index (χ1n) is 8.93. The van der Waals surface area contributed by atoms with Crippen LogP contribution in [0.5, 0.6) is 0 Å². The number of nitrogens with zero attached hydrogens (tertiary/aromatic N) is 1. The van der Waals surface area contributed by atoms with Gasteiger partial charge in [-0.3, -0.25) is 9.69 Å². The Morgan fingerprint density at radius 3 is 2.46 bits per heavy atom. The second-order valence-electron chi connectivity index (χ2n) is 6.82. The number of nitrogens with one attached hydrogen (secondary N) is 1. The number of carbonyl (C=O) groups is 1. The molecule has 1 fully saturated rings. The van der Waals surface area contributed by atoms with Crippen LogP contribution in [-0.2, 0) is 11.3 Å². The summed E-state index contributed by atoms with van der Waals surface area (Å²) in [4.78, 5) is 14.0. The zero-order chi connectivity index (χ0) is 17.6. The van der Waals surface area contributed by atoms with E-state index in [1.165, 1.54) is 5.56 Å². The third-order valence-corrected chi connectivity index (χ3v) is 5.84. The second-order valence-corrected chi connectivity index (χ2v) is 7.22. The van der Waals surface area contributed by atoms with Gasteiger partial charge in [0, 0.05) is 24.2 Å². The monoisotopic (exact) mass is 352 g/mol. The summed E-state index contributed by atoms with van der Waals surface area (Å²) in [6.45, 7) is 7.40. The molecule has 134 valence electrons. The van der Waals surface area contributed by atoms with Crippen molar-refractivity contribution < 1.29 is 9.90 Å². The summed E-state index contributed by atoms with van der Waals surface area (Å²) < 4.78 is 0. The first kappa shape index (κ1) is 19.2. The Labute approximate surface area is 150 Å². The molecule has 1 aromatic rings. The third kappa shape index (κ3) is 4.71. The van der Waals surface area contributed by atoms with Crippen molar-refractivity contribution in [1.29, 1.82) is 0 Å². The summed E-state index contributed by atoms with van der Waals surface area (Å²) >= 11 is 6.24. The molecule has 1 aliphatic rings. The third-order valence-electron chi connectivity index (χ3n) is 5.48. The van der Waals surface area contributed by atoms with Crippen molar-refractivity contribution in [3.63, 3.8) is 0 Å². The summed E-state index contributed by atoms with van der Waals surface area (Å²) in [5.41, 5.74) is 0.543. The number of carboxylic acids is 1. The largest absolute Gasteiger partial charge is 0.481 e. The highest BCUT2D eigenvalue weighted by atomic mass is 35.5. The highest BCUT2D eigenvalue weighted by Gasteiger charge is 2.35. The number of hydrogen-bond donors (Lipinski definition) is 2. The van der Waals surface area contributed by atoms with E-state index in [1.54, 1.807) is 0 Å². The highest BCUT2D eigenvalue weighted by Crippen LogP contribution is 2.27. The smallest absolute Gasteiger partial charge is 0.310 e. The standard InChI is InChI=1S/C19H29ClN2O2/c1-3-19(4-2,18(23)24)14-21-16-9-11-22(12-10-16)13-15-7-5-6-8-17(15)20/h5-8,16,21H,3-4,9-14H2,1-2H3,(H,23,24). The normalized spacial score (nSPS) is 17.1. The van der Waals surface area contributed by atoms with Crippen LogP contribution in [0.25, 0.3) is 0 Å². The van der Waals surface area contributed by atoms with Crippen LogP contribution >= 0.6 is 11.6 Å². The Kier molecular flexibility index (Phi) is 7.08. The highest BCUT2D eigenvalue weighted by molar-refractivity contribution is 6.31. The average molecular weight is 353 g/mol. The van der Waals surface area contributed by atoms with E-state index < -0.39 is 11.4 Å². The maximum absolute atomic E-state index is 11.6. The summed E-state index contributed by atoms with van der Waals surface area (Å²) in [5, 5.41) is 13.9. The minimum atomic E-state index is -0.684. The van der Waals surface area contributed by atoms with Crippen LogP contribution in [0.15, 0.2) is 24.3 Å². The molecule has 2 N–H and O–H groups in total. The maximum Gasteiger partial charge on any atom is 0.310 e. The number of benzene rings is 1. The number of piperidine rings is 1. The number of rotatable bonds is 8. The molecule has 0 radical (unpaired) electrons. The molecular formula is C19H29ClN2O2. The van der Waals surface area contributed by atoms with Crippen LogP contribution in [0.3, 0.4) is 0 Å². The lowest BCUT2D eigenvalue weighted by Gasteiger charge is -2.35. The first-order chi connectivity index (χ1) is 11.5. The molecule has 24 heavy (non-hydrogen) atoms. The Morgan fingerprint density at radius 1 is 1.29 bits per heavy atom. The molecule has 1 saturated heterocycles. The number of carboxylic acid groups (broad SMARTS) is 1. The predicted molar refractivity (Wildman–Crippen MR) is 98.4 cm³/mol. The van der Waals surface area contributed by atoms with E-state index in [2.05, 4.69) is 16.3 Å². The summed E-state index contributed by atoms with van der Waals surface area (Å²) in [5.74, 6) is -0.684. The van der Waals surface area contributed by atoms with Gasteiger partial charge in [-0.2, -0.15) is 0 Å². The van der Waals surface area contributed by atoms with E-state index in [0.29, 0.717) is 25.4 Å². The Bertz CT molecular complexity index is 538. The molecule has 0 saturated carbocycles. The van der Waals surface area contributed by atoms with E-state index in [-0.39, 0.29) is 0 Å². The van der Waals surface area contributed by atoms with Gasteiger partial charge in [0.05, 0.1) is 5.41 Å². The van der Waals surface area contributed by atoms with Crippen LogP contribution in [-0.4, -0.2) is 41.7 Å². The molecule has 1 heterocycles. The van der Waals surface area contributed by atoms with E-state index in [4.69, 9.17) is 11.6 Å². The lowest BCUT2D eigenvalue weighted by molar-refractivity contribution is -0.149. The molecule has 0 spiro atoms. The van der Waals surface area contributed by atoms with E-state index in [0.717, 1.165) is 37.5 Å². The summed E-state index contributed by atoms with van der Waals surface area (Å²) in [7, 11) is 0. The van der Waals surface area contributed by atoms with Gasteiger partial charge in [-0.1, -0.05) is 43.6 Å². The molecule has 4 nitrogen and oxygen atoms in total. The minimum Gasteiger partial charge on any atom is -0.481 e. The van der Waals surface area contributed by atoms with Crippen molar-refractivity contribution in [1.82, 2.24) is 10.2 Å². The van der Waals surface area contributed by atoms with Crippen LogP contribution in [0, 0.1) is 5.41 Å². The van der Waals surface area contributed by atoms with Gasteiger partial charge in [0.25, 0.3) is 0 Å². The molecule has 0 atom stereocenters. The van der Waals surface area contributed by atoms with Crippen molar-refractivity contribution >= 4 is 17.6 Å². The zero-order valence-corrected chi connectivity index (χ0v) is 15.5. The molecule has 0 aromatic heterocycles. The van der Waals surface area contributed by atoms with E-state index >= 15 is 0 Å². The van der Waals surface area contributed by atoms with E-state index in [1.807, 2.05) is 32.0 Å². The van der Waals surface area contributed by atoms with Gasteiger partial charge in [0.1, 0.15) is 0 Å². The van der Waals surface area contributed by atoms with Crippen LogP contribution in [0.1, 0.15) is 45.1 Å². The predicted octanol–water partition coefficient (Wildman–Crippen LogP) is 3.79. The molecule has 0 aliphatic carbocycles. The molecule has 0 bridgehead atoms. The van der Waals surface area contributed by atoms with Gasteiger partial charge in [0.2, 0.25) is 0 Å². The van der Waals surface area contributed by atoms with E-state index in [9.17, 15) is 9.90 Å². The van der Waals surface area contributed by atoms with Gasteiger partial charge in [0.15, 0.2) is 0 Å². The Morgan fingerprint density at radius 2 is 1.92 bits per heavy atom. The number of hydrogen-bond acceptors (Lipinski definition) is 3. The fourth-order valence-corrected chi connectivity index (χ4v) is 3.58. The lowest BCUT2D eigenvalue weighted by atomic mass is 9.82. The van der Waals surface area contributed by atoms with Gasteiger partial charge in [-0.25, -0.2) is 0 Å². The van der Waals surface area contributed by atoms with Gasteiger partial charge in [-0.15, -0.1) is 0 Å². The molecule has 1 aromatic carbocycles. The molecule has 0 amide bonds. The van der Waals surface area contributed by atoms with Crippen molar-refractivity contribution in [2.45, 2.75) is 52.1 Å². The second kappa shape index (κ2) is 8.84. The number of likely N-dealkylation sites (tertiary alicyclic amines) is 1. The first-order valence-corrected chi connectivity index (χ1v) is 9.31. The van der Waals surface area contributed by atoms with Crippen LogP contribution in [0.4, 0.5) is 0 Å². The molecular weight excluding hydrogens is 324 g/mol.